The summed E-state index contributed by atoms with van der Waals surface area (Å²) in [4.78, 5) is 29.9. The van der Waals surface area contributed by atoms with Crippen molar-refractivity contribution in [2.45, 2.75) is 45.6 Å². The van der Waals surface area contributed by atoms with Gasteiger partial charge in [0.05, 0.1) is 22.8 Å². The Balaban J connectivity index is 0.00000210. The second-order valence-corrected chi connectivity index (χ2v) is 8.75. The van der Waals surface area contributed by atoms with Gasteiger partial charge in [-0.1, -0.05) is 30.4 Å². The zero-order chi connectivity index (χ0) is 18.3. The van der Waals surface area contributed by atoms with E-state index in [1.807, 2.05) is 0 Å². The summed E-state index contributed by atoms with van der Waals surface area (Å²) in [5.41, 5.74) is 0.963. The average molecular weight is 411 g/mol. The smallest absolute Gasteiger partial charge is 0.279 e. The fourth-order valence-corrected chi connectivity index (χ4v) is 4.48. The molecule has 1 saturated heterocycles. The highest BCUT2D eigenvalue weighted by Gasteiger charge is 2.34. The third-order valence-electron chi connectivity index (χ3n) is 4.88. The van der Waals surface area contributed by atoms with Crippen molar-refractivity contribution in [1.82, 2.24) is 25.3 Å². The molecule has 3 heterocycles. The van der Waals surface area contributed by atoms with Crippen molar-refractivity contribution in [3.05, 3.63) is 22.5 Å². The van der Waals surface area contributed by atoms with Gasteiger partial charge in [-0.2, -0.15) is 0 Å². The molecule has 0 radical (unpaired) electrons. The quantitative estimate of drug-likeness (QED) is 0.805. The molecule has 1 aliphatic heterocycles. The number of amides is 1. The molecular formula is C17H23ClN6O2S. The number of halogens is 1. The molecule has 2 N–H and O–H groups in total. The van der Waals surface area contributed by atoms with Gasteiger partial charge in [0.15, 0.2) is 16.6 Å². The molecule has 4 rings (SSSR count). The number of rotatable bonds is 3. The highest BCUT2D eigenvalue weighted by molar-refractivity contribution is 7.17. The first kappa shape index (κ1) is 19.9. The van der Waals surface area contributed by atoms with Gasteiger partial charge in [-0.15, -0.1) is 17.5 Å². The highest BCUT2D eigenvalue weighted by atomic mass is 35.5. The van der Waals surface area contributed by atoms with Crippen LogP contribution in [0.1, 0.15) is 65.0 Å². The first-order valence-corrected chi connectivity index (χ1v) is 9.70. The van der Waals surface area contributed by atoms with Crippen molar-refractivity contribution >= 4 is 40.6 Å². The Hall–Kier alpha value is -1.84. The third-order valence-corrected chi connectivity index (χ3v) is 5.94. The summed E-state index contributed by atoms with van der Waals surface area (Å²) in [6.45, 7) is 6.01. The van der Waals surface area contributed by atoms with Crippen LogP contribution in [0.3, 0.4) is 0 Å². The van der Waals surface area contributed by atoms with E-state index in [2.05, 4.69) is 39.8 Å². The van der Waals surface area contributed by atoms with Crippen molar-refractivity contribution in [3.8, 4) is 0 Å². The van der Waals surface area contributed by atoms with Crippen LogP contribution in [0.4, 0.5) is 5.13 Å². The normalized spacial score (nSPS) is 19.3. The van der Waals surface area contributed by atoms with Gasteiger partial charge in [0.1, 0.15) is 0 Å². The van der Waals surface area contributed by atoms with Crippen LogP contribution in [0.2, 0.25) is 0 Å². The summed E-state index contributed by atoms with van der Waals surface area (Å²) < 4.78 is 1.77. The van der Waals surface area contributed by atoms with E-state index in [0.717, 1.165) is 38.0 Å². The summed E-state index contributed by atoms with van der Waals surface area (Å²) in [7, 11) is 0. The molecule has 2 aromatic heterocycles. The number of thiazole rings is 1. The Labute approximate surface area is 167 Å². The highest BCUT2D eigenvalue weighted by Crippen LogP contribution is 2.38. The first-order valence-electron chi connectivity index (χ1n) is 8.88. The number of carbonyl (C=O) groups is 2. The van der Waals surface area contributed by atoms with E-state index in [4.69, 9.17) is 0 Å². The minimum Gasteiger partial charge on any atom is -0.317 e. The van der Waals surface area contributed by atoms with Crippen molar-refractivity contribution in [3.63, 3.8) is 0 Å². The van der Waals surface area contributed by atoms with Crippen LogP contribution in [-0.2, 0) is 6.42 Å². The van der Waals surface area contributed by atoms with Crippen LogP contribution in [0.15, 0.2) is 6.20 Å². The van der Waals surface area contributed by atoms with Crippen molar-refractivity contribution < 1.29 is 9.59 Å². The van der Waals surface area contributed by atoms with Crippen molar-refractivity contribution in [2.75, 3.05) is 18.4 Å². The minimum absolute atomic E-state index is 0. The Morgan fingerprint density at radius 1 is 1.33 bits per heavy atom. The zero-order valence-corrected chi connectivity index (χ0v) is 17.0. The minimum atomic E-state index is -0.344. The molecule has 8 nitrogen and oxygen atoms in total. The maximum atomic E-state index is 12.5. The molecule has 146 valence electrons. The molecule has 0 saturated carbocycles. The number of nitrogens with zero attached hydrogens (tertiary/aromatic N) is 4. The van der Waals surface area contributed by atoms with Gasteiger partial charge < -0.3 is 5.32 Å². The summed E-state index contributed by atoms with van der Waals surface area (Å²) in [6.07, 6.45) is 4.89. The third kappa shape index (κ3) is 4.20. The number of fused-ring (bicyclic) bond motifs is 1. The molecule has 2 aliphatic rings. The average Bonchev–Trinajstić information content (AvgIpc) is 3.21. The Bertz CT molecular complexity index is 855. The second-order valence-electron chi connectivity index (χ2n) is 7.75. The summed E-state index contributed by atoms with van der Waals surface area (Å²) in [5.74, 6) is -0.242. The lowest BCUT2D eigenvalue weighted by Gasteiger charge is -2.26. The maximum absolute atomic E-state index is 12.5. The van der Waals surface area contributed by atoms with E-state index in [0.29, 0.717) is 16.4 Å². The molecule has 0 atom stereocenters. The summed E-state index contributed by atoms with van der Waals surface area (Å²) in [5, 5.41) is 14.6. The molecule has 0 unspecified atom stereocenters. The number of aromatic nitrogens is 4. The number of hydrogen-bond acceptors (Lipinski definition) is 7. The van der Waals surface area contributed by atoms with Crippen LogP contribution < -0.4 is 10.6 Å². The van der Waals surface area contributed by atoms with E-state index >= 15 is 0 Å². The van der Waals surface area contributed by atoms with E-state index in [1.165, 1.54) is 11.3 Å². The fourth-order valence-electron chi connectivity index (χ4n) is 3.57. The lowest BCUT2D eigenvalue weighted by atomic mass is 9.78. The van der Waals surface area contributed by atoms with Gasteiger partial charge >= 0.3 is 0 Å². The van der Waals surface area contributed by atoms with Gasteiger partial charge in [0.25, 0.3) is 5.91 Å². The SMILES string of the molecule is CC1(C)CC(=O)c2sc(NC(=O)c3cn(C4CCNCC4)nn3)nc2C1.Cl. The molecule has 1 aliphatic carbocycles. The Kier molecular flexibility index (Phi) is 5.64. The van der Waals surface area contributed by atoms with Crippen molar-refractivity contribution in [1.29, 1.82) is 0 Å². The van der Waals surface area contributed by atoms with Gasteiger partial charge in [0, 0.05) is 6.42 Å². The molecule has 0 spiro atoms. The lowest BCUT2D eigenvalue weighted by molar-refractivity contribution is 0.0915. The largest absolute Gasteiger partial charge is 0.317 e. The standard InChI is InChI=1S/C17H22N6O2S.ClH/c1-17(2)7-11-14(13(24)8-17)26-16(19-11)20-15(25)12-9-23(22-21-12)10-3-5-18-6-4-10;/h9-10,18H,3-8H2,1-2H3,(H,19,20,25);1H. The monoisotopic (exact) mass is 410 g/mol. The van der Waals surface area contributed by atoms with Crippen LogP contribution >= 0.6 is 23.7 Å². The number of Topliss-reactive ketones (excluding diaryl/α,β-unsaturated/α-hetero) is 1. The molecule has 0 bridgehead atoms. The zero-order valence-electron chi connectivity index (χ0n) is 15.3. The number of carbonyl (C=O) groups excluding carboxylic acids is 2. The molecule has 2 aromatic rings. The number of hydrogen-bond donors (Lipinski definition) is 2. The molecule has 1 fully saturated rings. The summed E-state index contributed by atoms with van der Waals surface area (Å²) in [6, 6.07) is 0.275. The Morgan fingerprint density at radius 2 is 2.07 bits per heavy atom. The Morgan fingerprint density at radius 3 is 2.81 bits per heavy atom. The topological polar surface area (TPSA) is 102 Å². The lowest BCUT2D eigenvalue weighted by Crippen LogP contribution is -2.29. The van der Waals surface area contributed by atoms with E-state index in [1.54, 1.807) is 10.9 Å². The van der Waals surface area contributed by atoms with Crippen LogP contribution in [0.25, 0.3) is 0 Å². The van der Waals surface area contributed by atoms with Gasteiger partial charge in [-0.05, 0) is 37.8 Å². The predicted octanol–water partition coefficient (Wildman–Crippen LogP) is 2.49. The number of ketones is 1. The first-order chi connectivity index (χ1) is 12.4. The van der Waals surface area contributed by atoms with Gasteiger partial charge in [-0.25, -0.2) is 9.67 Å². The second kappa shape index (κ2) is 7.65. The number of anilines is 1. The number of piperidine rings is 1. The molecular weight excluding hydrogens is 388 g/mol. The van der Waals surface area contributed by atoms with E-state index in [9.17, 15) is 9.59 Å². The van der Waals surface area contributed by atoms with E-state index in [-0.39, 0.29) is 41.2 Å². The van der Waals surface area contributed by atoms with Crippen LogP contribution in [0, 0.1) is 5.41 Å². The summed E-state index contributed by atoms with van der Waals surface area (Å²) >= 11 is 1.25. The van der Waals surface area contributed by atoms with Gasteiger partial charge in [-0.3, -0.25) is 14.9 Å². The fraction of sp³-hybridized carbons (Fsp3) is 0.588. The van der Waals surface area contributed by atoms with Gasteiger partial charge in [0.2, 0.25) is 0 Å². The van der Waals surface area contributed by atoms with E-state index < -0.39 is 0 Å². The predicted molar refractivity (Wildman–Crippen MR) is 105 cm³/mol. The van der Waals surface area contributed by atoms with Crippen LogP contribution in [-0.4, -0.2) is 44.8 Å². The number of nitrogens with one attached hydrogen (secondary N) is 2. The van der Waals surface area contributed by atoms with Crippen molar-refractivity contribution in [2.24, 2.45) is 5.41 Å². The molecule has 10 heteroatoms. The molecule has 1 amide bonds. The molecule has 0 aromatic carbocycles. The molecule has 27 heavy (non-hydrogen) atoms. The van der Waals surface area contributed by atoms with Crippen LogP contribution in [0.5, 0.6) is 0 Å². The maximum Gasteiger partial charge on any atom is 0.279 e.